The van der Waals surface area contributed by atoms with Crippen LogP contribution in [0.4, 0.5) is 4.79 Å². The third kappa shape index (κ3) is 2.74. The molecule has 1 aliphatic heterocycles. The predicted octanol–water partition coefficient (Wildman–Crippen LogP) is 1.59. The molecule has 1 saturated carbocycles. The van der Waals surface area contributed by atoms with E-state index >= 15 is 0 Å². The van der Waals surface area contributed by atoms with Crippen LogP contribution in [0.1, 0.15) is 42.5 Å². The predicted molar refractivity (Wildman–Crippen MR) is 81.7 cm³/mol. The number of nitrogens with one attached hydrogen (secondary N) is 2. The van der Waals surface area contributed by atoms with Crippen LogP contribution >= 0.6 is 0 Å². The lowest BCUT2D eigenvalue weighted by molar-refractivity contribution is -0.134. The summed E-state index contributed by atoms with van der Waals surface area (Å²) in [5, 5.41) is 3.55. The van der Waals surface area contributed by atoms with Gasteiger partial charge in [-0.1, -0.05) is 25.3 Å². The van der Waals surface area contributed by atoms with Crippen molar-refractivity contribution in [2.75, 3.05) is 7.11 Å². The van der Waals surface area contributed by atoms with E-state index in [4.69, 9.17) is 4.74 Å². The summed E-state index contributed by atoms with van der Waals surface area (Å²) in [4.78, 5) is 37.0. The lowest BCUT2D eigenvalue weighted by Crippen LogP contribution is -2.50. The highest BCUT2D eigenvalue weighted by Crippen LogP contribution is 2.33. The minimum atomic E-state index is -0.850. The Kier molecular flexibility index (Phi) is 3.94. The minimum absolute atomic E-state index is 0.314. The Labute approximate surface area is 133 Å². The van der Waals surface area contributed by atoms with Crippen LogP contribution < -0.4 is 15.5 Å². The van der Waals surface area contributed by atoms with E-state index in [0.717, 1.165) is 24.3 Å². The molecule has 1 heterocycles. The van der Waals surface area contributed by atoms with E-state index in [1.54, 1.807) is 24.3 Å². The molecular formula is C16H19N3O4. The number of rotatable bonds is 3. The molecule has 0 bridgehead atoms. The average molecular weight is 317 g/mol. The minimum Gasteiger partial charge on any atom is -0.497 e. The van der Waals surface area contributed by atoms with Crippen molar-refractivity contribution in [2.24, 2.45) is 0 Å². The summed E-state index contributed by atoms with van der Waals surface area (Å²) in [6, 6.07) is 5.94. The van der Waals surface area contributed by atoms with Crippen LogP contribution in [0.3, 0.4) is 0 Å². The zero-order valence-corrected chi connectivity index (χ0v) is 12.9. The third-order valence-electron chi connectivity index (χ3n) is 4.41. The standard InChI is InChI=1S/C16H19N3O4/c1-23-12-7-5-6-11(10-12)13(20)18-19-14(21)16(17-15(19)22)8-3-2-4-9-16/h5-7,10H,2-4,8-9H2,1H3,(H,17,22)(H,18,20). The second-order valence-corrected chi connectivity index (χ2v) is 5.89. The number of carbonyl (C=O) groups excluding carboxylic acids is 3. The van der Waals surface area contributed by atoms with Crippen LogP contribution in [-0.2, 0) is 4.79 Å². The number of methoxy groups -OCH3 is 1. The topological polar surface area (TPSA) is 87.7 Å². The molecule has 2 aliphatic rings. The SMILES string of the molecule is COc1cccc(C(=O)NN2C(=O)NC3(CCCCC3)C2=O)c1. The maximum atomic E-state index is 12.6. The van der Waals surface area contributed by atoms with Gasteiger partial charge in [0.15, 0.2) is 0 Å². The van der Waals surface area contributed by atoms with Gasteiger partial charge in [-0.2, -0.15) is 5.01 Å². The molecule has 2 fully saturated rings. The Balaban J connectivity index is 1.75. The Morgan fingerprint density at radius 1 is 1.26 bits per heavy atom. The van der Waals surface area contributed by atoms with Gasteiger partial charge in [0.1, 0.15) is 11.3 Å². The van der Waals surface area contributed by atoms with Crippen LogP contribution in [0.2, 0.25) is 0 Å². The maximum absolute atomic E-state index is 12.6. The molecule has 122 valence electrons. The Bertz CT molecular complexity index is 652. The number of hydrogen-bond donors (Lipinski definition) is 2. The van der Waals surface area contributed by atoms with E-state index in [1.165, 1.54) is 7.11 Å². The number of hydrazine groups is 1. The molecule has 7 heteroatoms. The molecule has 7 nitrogen and oxygen atoms in total. The molecule has 1 aromatic rings. The Morgan fingerprint density at radius 2 is 2.00 bits per heavy atom. The van der Waals surface area contributed by atoms with Gasteiger partial charge in [0.05, 0.1) is 7.11 Å². The number of carbonyl (C=O) groups is 3. The highest BCUT2D eigenvalue weighted by atomic mass is 16.5. The first kappa shape index (κ1) is 15.3. The molecule has 1 saturated heterocycles. The van der Waals surface area contributed by atoms with E-state index in [0.29, 0.717) is 24.2 Å². The average Bonchev–Trinajstić information content (AvgIpc) is 2.79. The molecule has 0 atom stereocenters. The second kappa shape index (κ2) is 5.91. The van der Waals surface area contributed by atoms with Crippen molar-refractivity contribution in [1.29, 1.82) is 0 Å². The first-order valence-electron chi connectivity index (χ1n) is 7.67. The fraction of sp³-hybridized carbons (Fsp3) is 0.438. The molecule has 0 radical (unpaired) electrons. The highest BCUT2D eigenvalue weighted by molar-refractivity contribution is 6.09. The van der Waals surface area contributed by atoms with Gasteiger partial charge in [0.2, 0.25) is 0 Å². The molecule has 3 rings (SSSR count). The zero-order valence-electron chi connectivity index (χ0n) is 12.9. The molecule has 4 amide bonds. The lowest BCUT2D eigenvalue weighted by Gasteiger charge is -2.30. The Morgan fingerprint density at radius 3 is 2.70 bits per heavy atom. The summed E-state index contributed by atoms with van der Waals surface area (Å²) >= 11 is 0. The first-order valence-corrected chi connectivity index (χ1v) is 7.67. The molecular weight excluding hydrogens is 298 g/mol. The van der Waals surface area contributed by atoms with Crippen LogP contribution in [0, 0.1) is 0 Å². The van der Waals surface area contributed by atoms with Gasteiger partial charge in [-0.3, -0.25) is 15.0 Å². The Hall–Kier alpha value is -2.57. The summed E-state index contributed by atoms with van der Waals surface area (Å²) in [5.74, 6) is -0.377. The van der Waals surface area contributed by atoms with E-state index in [9.17, 15) is 14.4 Å². The largest absolute Gasteiger partial charge is 0.497 e. The van der Waals surface area contributed by atoms with Crippen LogP contribution in [-0.4, -0.2) is 35.5 Å². The molecule has 23 heavy (non-hydrogen) atoms. The number of ether oxygens (including phenoxy) is 1. The molecule has 1 aliphatic carbocycles. The highest BCUT2D eigenvalue weighted by Gasteiger charge is 2.52. The molecule has 0 aromatic heterocycles. The third-order valence-corrected chi connectivity index (χ3v) is 4.41. The summed E-state index contributed by atoms with van der Waals surface area (Å²) < 4.78 is 5.07. The van der Waals surface area contributed by atoms with Gasteiger partial charge in [0, 0.05) is 5.56 Å². The second-order valence-electron chi connectivity index (χ2n) is 5.89. The molecule has 0 unspecified atom stereocenters. The summed E-state index contributed by atoms with van der Waals surface area (Å²) in [5.41, 5.74) is 1.86. The molecule has 1 spiro atoms. The van der Waals surface area contributed by atoms with Crippen molar-refractivity contribution in [3.8, 4) is 5.75 Å². The van der Waals surface area contributed by atoms with E-state index in [2.05, 4.69) is 10.7 Å². The van der Waals surface area contributed by atoms with Gasteiger partial charge >= 0.3 is 6.03 Å². The van der Waals surface area contributed by atoms with Gasteiger partial charge in [0.25, 0.3) is 11.8 Å². The number of benzene rings is 1. The van der Waals surface area contributed by atoms with Crippen LogP contribution in [0.5, 0.6) is 5.75 Å². The normalized spacial score (nSPS) is 19.6. The number of urea groups is 1. The first-order chi connectivity index (χ1) is 11.1. The fourth-order valence-corrected chi connectivity index (χ4v) is 3.15. The maximum Gasteiger partial charge on any atom is 0.344 e. The van der Waals surface area contributed by atoms with Crippen molar-refractivity contribution in [2.45, 2.75) is 37.6 Å². The lowest BCUT2D eigenvalue weighted by atomic mass is 9.82. The van der Waals surface area contributed by atoms with E-state index in [1.807, 2.05) is 0 Å². The smallest absolute Gasteiger partial charge is 0.344 e. The van der Waals surface area contributed by atoms with Crippen molar-refractivity contribution in [1.82, 2.24) is 15.8 Å². The number of amides is 4. The monoisotopic (exact) mass is 317 g/mol. The molecule has 1 aromatic carbocycles. The van der Waals surface area contributed by atoms with E-state index in [-0.39, 0.29) is 5.91 Å². The van der Waals surface area contributed by atoms with Gasteiger partial charge in [-0.05, 0) is 31.0 Å². The van der Waals surface area contributed by atoms with Gasteiger partial charge in [-0.25, -0.2) is 4.79 Å². The summed E-state index contributed by atoms with van der Waals surface area (Å²) in [6.07, 6.45) is 4.07. The summed E-state index contributed by atoms with van der Waals surface area (Å²) in [6.45, 7) is 0. The fourth-order valence-electron chi connectivity index (χ4n) is 3.15. The van der Waals surface area contributed by atoms with E-state index < -0.39 is 17.5 Å². The van der Waals surface area contributed by atoms with Crippen molar-refractivity contribution >= 4 is 17.8 Å². The van der Waals surface area contributed by atoms with Crippen molar-refractivity contribution in [3.05, 3.63) is 29.8 Å². The number of hydrogen-bond acceptors (Lipinski definition) is 4. The van der Waals surface area contributed by atoms with Gasteiger partial charge in [-0.15, -0.1) is 0 Å². The zero-order chi connectivity index (χ0) is 16.4. The summed E-state index contributed by atoms with van der Waals surface area (Å²) in [7, 11) is 1.50. The van der Waals surface area contributed by atoms with Crippen molar-refractivity contribution < 1.29 is 19.1 Å². The number of nitrogens with zero attached hydrogens (tertiary/aromatic N) is 1. The van der Waals surface area contributed by atoms with Gasteiger partial charge < -0.3 is 10.1 Å². The van der Waals surface area contributed by atoms with Crippen LogP contribution in [0.15, 0.2) is 24.3 Å². The number of imide groups is 1. The molecule has 2 N–H and O–H groups in total. The van der Waals surface area contributed by atoms with Crippen molar-refractivity contribution in [3.63, 3.8) is 0 Å². The quantitative estimate of drug-likeness (QED) is 0.829. The van der Waals surface area contributed by atoms with Crippen LogP contribution in [0.25, 0.3) is 0 Å².